The van der Waals surface area contributed by atoms with E-state index < -0.39 is 5.97 Å². The molecule has 2 aromatic carbocycles. The summed E-state index contributed by atoms with van der Waals surface area (Å²) in [5, 5.41) is 4.64. The first-order valence-corrected chi connectivity index (χ1v) is 7.42. The average molecular weight is 311 g/mol. The molecule has 3 rings (SSSR count). The predicted molar refractivity (Wildman–Crippen MR) is 88.1 cm³/mol. The molecule has 0 aliphatic carbocycles. The van der Waals surface area contributed by atoms with E-state index in [-0.39, 0.29) is 18.4 Å². The minimum atomic E-state index is -0.392. The van der Waals surface area contributed by atoms with Crippen molar-refractivity contribution in [3.8, 4) is 0 Å². The van der Waals surface area contributed by atoms with E-state index in [1.807, 2.05) is 36.4 Å². The van der Waals surface area contributed by atoms with Crippen LogP contribution in [0.2, 0.25) is 0 Å². The van der Waals surface area contributed by atoms with Crippen molar-refractivity contribution in [1.29, 1.82) is 0 Å². The number of furan rings is 1. The fraction of sp³-hybridized carbons (Fsp3) is 0.222. The van der Waals surface area contributed by atoms with Crippen LogP contribution in [0.4, 0.5) is 5.69 Å². The average Bonchev–Trinajstić information content (AvgIpc) is 2.90. The van der Waals surface area contributed by atoms with E-state index in [0.717, 1.165) is 21.9 Å². The van der Waals surface area contributed by atoms with Gasteiger partial charge in [-0.2, -0.15) is 0 Å². The van der Waals surface area contributed by atoms with Crippen molar-refractivity contribution in [2.24, 2.45) is 5.92 Å². The van der Waals surface area contributed by atoms with Crippen molar-refractivity contribution in [2.45, 2.75) is 13.8 Å². The third-order valence-corrected chi connectivity index (χ3v) is 3.48. The molecule has 0 saturated heterocycles. The Morgan fingerprint density at radius 3 is 2.61 bits per heavy atom. The highest BCUT2D eigenvalue weighted by molar-refractivity contribution is 6.07. The molecule has 0 saturated carbocycles. The van der Waals surface area contributed by atoms with Crippen LogP contribution < -0.4 is 5.32 Å². The summed E-state index contributed by atoms with van der Waals surface area (Å²) in [6.45, 7) is 3.15. The highest BCUT2D eigenvalue weighted by atomic mass is 16.5. The summed E-state index contributed by atoms with van der Waals surface area (Å²) in [4.78, 5) is 23.2. The van der Waals surface area contributed by atoms with Gasteiger partial charge in [-0.15, -0.1) is 0 Å². The summed E-state index contributed by atoms with van der Waals surface area (Å²) in [5.41, 5.74) is 2.20. The van der Waals surface area contributed by atoms with Gasteiger partial charge in [0.15, 0.2) is 6.61 Å². The Morgan fingerprint density at radius 1 is 1.09 bits per heavy atom. The Kier molecular flexibility index (Phi) is 4.02. The number of benzene rings is 2. The molecule has 1 amide bonds. The molecule has 1 N–H and O–H groups in total. The zero-order valence-electron chi connectivity index (χ0n) is 13.0. The quantitative estimate of drug-likeness (QED) is 0.746. The highest BCUT2D eigenvalue weighted by Gasteiger charge is 2.12. The van der Waals surface area contributed by atoms with Crippen molar-refractivity contribution in [2.75, 3.05) is 11.9 Å². The number of ether oxygens (including phenoxy) is 1. The van der Waals surface area contributed by atoms with Gasteiger partial charge in [0, 0.05) is 16.5 Å². The van der Waals surface area contributed by atoms with Gasteiger partial charge >= 0.3 is 5.97 Å². The van der Waals surface area contributed by atoms with Crippen LogP contribution in [0.25, 0.3) is 21.9 Å². The second kappa shape index (κ2) is 6.12. The maximum Gasteiger partial charge on any atom is 0.308 e. The van der Waals surface area contributed by atoms with E-state index in [4.69, 9.17) is 9.15 Å². The Labute approximate surface area is 133 Å². The lowest BCUT2D eigenvalue weighted by Gasteiger charge is -2.08. The lowest BCUT2D eigenvalue weighted by Crippen LogP contribution is -2.22. The zero-order chi connectivity index (χ0) is 16.4. The first kappa shape index (κ1) is 15.1. The molecule has 0 bridgehead atoms. The normalized spacial score (nSPS) is 11.1. The van der Waals surface area contributed by atoms with Gasteiger partial charge in [0.05, 0.1) is 5.92 Å². The van der Waals surface area contributed by atoms with E-state index in [2.05, 4.69) is 5.32 Å². The monoisotopic (exact) mass is 311 g/mol. The number of anilines is 1. The van der Waals surface area contributed by atoms with E-state index >= 15 is 0 Å². The van der Waals surface area contributed by atoms with Crippen LogP contribution in [-0.2, 0) is 14.3 Å². The summed E-state index contributed by atoms with van der Waals surface area (Å²) in [5.74, 6) is -1.01. The van der Waals surface area contributed by atoms with E-state index in [0.29, 0.717) is 5.69 Å². The number of hydrogen-bond acceptors (Lipinski definition) is 4. The van der Waals surface area contributed by atoms with Crippen LogP contribution in [0.5, 0.6) is 0 Å². The first-order valence-electron chi connectivity index (χ1n) is 7.42. The summed E-state index contributed by atoms with van der Waals surface area (Å²) >= 11 is 0. The number of nitrogens with one attached hydrogen (secondary N) is 1. The number of hydrogen-bond donors (Lipinski definition) is 1. The molecular weight excluding hydrogens is 294 g/mol. The van der Waals surface area contributed by atoms with Gasteiger partial charge in [-0.05, 0) is 24.3 Å². The van der Waals surface area contributed by atoms with Gasteiger partial charge in [-0.1, -0.05) is 32.0 Å². The van der Waals surface area contributed by atoms with Crippen molar-refractivity contribution >= 4 is 39.5 Å². The Morgan fingerprint density at radius 2 is 1.83 bits per heavy atom. The Bertz CT molecular complexity index is 879. The molecule has 0 fully saturated rings. The van der Waals surface area contributed by atoms with Crippen LogP contribution in [0.15, 0.2) is 46.9 Å². The fourth-order valence-corrected chi connectivity index (χ4v) is 2.30. The number of fused-ring (bicyclic) bond motifs is 3. The number of amides is 1. The summed E-state index contributed by atoms with van der Waals surface area (Å²) in [6.07, 6.45) is 0. The molecule has 0 spiro atoms. The predicted octanol–water partition coefficient (Wildman–Crippen LogP) is 3.72. The molecule has 5 heteroatoms. The molecule has 0 unspecified atom stereocenters. The number of carbonyl (C=O) groups is 2. The minimum Gasteiger partial charge on any atom is -0.456 e. The molecular formula is C18H17NO4. The van der Waals surface area contributed by atoms with Gasteiger partial charge in [-0.3, -0.25) is 9.59 Å². The molecule has 5 nitrogen and oxygen atoms in total. The van der Waals surface area contributed by atoms with Crippen molar-refractivity contribution in [1.82, 2.24) is 0 Å². The highest BCUT2D eigenvalue weighted by Crippen LogP contribution is 2.30. The van der Waals surface area contributed by atoms with Gasteiger partial charge < -0.3 is 14.5 Å². The smallest absolute Gasteiger partial charge is 0.308 e. The largest absolute Gasteiger partial charge is 0.456 e. The lowest BCUT2D eigenvalue weighted by atomic mass is 10.1. The Balaban J connectivity index is 1.77. The molecule has 23 heavy (non-hydrogen) atoms. The molecule has 0 radical (unpaired) electrons. The summed E-state index contributed by atoms with van der Waals surface area (Å²) in [6, 6.07) is 13.1. The second-order valence-electron chi connectivity index (χ2n) is 5.62. The SMILES string of the molecule is CC(C)C(=O)OCC(=O)Nc1ccc2oc3ccccc3c2c1. The van der Waals surface area contributed by atoms with Crippen LogP contribution in [0.1, 0.15) is 13.8 Å². The molecule has 1 heterocycles. The van der Waals surface area contributed by atoms with Crippen LogP contribution in [-0.4, -0.2) is 18.5 Å². The van der Waals surface area contributed by atoms with Gasteiger partial charge in [-0.25, -0.2) is 0 Å². The number of para-hydroxylation sites is 1. The summed E-state index contributed by atoms with van der Waals surface area (Å²) < 4.78 is 10.6. The topological polar surface area (TPSA) is 68.5 Å². The third-order valence-electron chi connectivity index (χ3n) is 3.48. The lowest BCUT2D eigenvalue weighted by molar-refractivity contribution is -0.150. The number of carbonyl (C=O) groups excluding carboxylic acids is 2. The first-order chi connectivity index (χ1) is 11.0. The molecule has 1 aromatic heterocycles. The maximum absolute atomic E-state index is 11.9. The molecule has 0 aliphatic rings. The standard InChI is InChI=1S/C18H17NO4/c1-11(2)18(21)22-10-17(20)19-12-7-8-16-14(9-12)13-5-3-4-6-15(13)23-16/h3-9,11H,10H2,1-2H3,(H,19,20). The van der Waals surface area contributed by atoms with Gasteiger partial charge in [0.1, 0.15) is 11.2 Å². The molecule has 0 aliphatic heterocycles. The second-order valence-corrected chi connectivity index (χ2v) is 5.62. The fourth-order valence-electron chi connectivity index (χ4n) is 2.30. The minimum absolute atomic E-state index is 0.253. The van der Waals surface area contributed by atoms with E-state index in [1.165, 1.54) is 0 Å². The van der Waals surface area contributed by atoms with Gasteiger partial charge in [0.2, 0.25) is 0 Å². The van der Waals surface area contributed by atoms with Crippen LogP contribution in [0, 0.1) is 5.92 Å². The summed E-state index contributed by atoms with van der Waals surface area (Å²) in [7, 11) is 0. The Hall–Kier alpha value is -2.82. The van der Waals surface area contributed by atoms with Crippen molar-refractivity contribution in [3.05, 3.63) is 42.5 Å². The van der Waals surface area contributed by atoms with Crippen LogP contribution >= 0.6 is 0 Å². The van der Waals surface area contributed by atoms with Crippen molar-refractivity contribution < 1.29 is 18.7 Å². The zero-order valence-corrected chi connectivity index (χ0v) is 13.0. The molecule has 118 valence electrons. The maximum atomic E-state index is 11.9. The molecule has 0 atom stereocenters. The van der Waals surface area contributed by atoms with E-state index in [1.54, 1.807) is 19.9 Å². The van der Waals surface area contributed by atoms with E-state index in [9.17, 15) is 9.59 Å². The third kappa shape index (κ3) is 3.18. The van der Waals surface area contributed by atoms with Gasteiger partial charge in [0.25, 0.3) is 5.91 Å². The van der Waals surface area contributed by atoms with Crippen molar-refractivity contribution in [3.63, 3.8) is 0 Å². The number of rotatable bonds is 4. The molecule has 3 aromatic rings. The van der Waals surface area contributed by atoms with Crippen LogP contribution in [0.3, 0.4) is 0 Å². The number of esters is 1.